The van der Waals surface area contributed by atoms with Crippen LogP contribution in [0.15, 0.2) is 30.3 Å². The Kier molecular flexibility index (Phi) is 5.21. The molecule has 0 saturated heterocycles. The molecule has 2 aromatic rings. The van der Waals surface area contributed by atoms with Gasteiger partial charge < -0.3 is 14.8 Å². The molecule has 2 rings (SSSR count). The highest BCUT2D eigenvalue weighted by Crippen LogP contribution is 2.29. The average molecular weight is 317 g/mol. The zero-order valence-electron chi connectivity index (χ0n) is 13.7. The third kappa shape index (κ3) is 3.80. The van der Waals surface area contributed by atoms with Crippen LogP contribution < -0.4 is 14.8 Å². The molecular weight excluding hydrogens is 297 g/mol. The number of benzene rings is 2. The second kappa shape index (κ2) is 7.13. The van der Waals surface area contributed by atoms with Gasteiger partial charge in [0.15, 0.2) is 0 Å². The molecule has 1 amide bonds. The molecule has 122 valence electrons. The van der Waals surface area contributed by atoms with Crippen molar-refractivity contribution in [2.45, 2.75) is 20.4 Å². The lowest BCUT2D eigenvalue weighted by atomic mass is 10.1. The summed E-state index contributed by atoms with van der Waals surface area (Å²) in [4.78, 5) is 12.3. The molecule has 0 unspecified atom stereocenters. The van der Waals surface area contributed by atoms with Gasteiger partial charge in [-0.2, -0.15) is 0 Å². The second-order valence-corrected chi connectivity index (χ2v) is 5.27. The number of aryl methyl sites for hydroxylation is 1. The van der Waals surface area contributed by atoms with Gasteiger partial charge in [-0.3, -0.25) is 4.79 Å². The summed E-state index contributed by atoms with van der Waals surface area (Å²) in [5.41, 5.74) is 2.53. The van der Waals surface area contributed by atoms with Crippen molar-refractivity contribution in [2.75, 3.05) is 14.2 Å². The molecule has 1 N–H and O–H groups in total. The minimum Gasteiger partial charge on any atom is -0.496 e. The predicted octanol–water partition coefficient (Wildman–Crippen LogP) is 3.39. The van der Waals surface area contributed by atoms with Gasteiger partial charge in [-0.1, -0.05) is 12.1 Å². The highest BCUT2D eigenvalue weighted by atomic mass is 19.1. The van der Waals surface area contributed by atoms with Crippen LogP contribution in [0, 0.1) is 19.7 Å². The maximum atomic E-state index is 13.5. The summed E-state index contributed by atoms with van der Waals surface area (Å²) in [5, 5.41) is 2.77. The summed E-state index contributed by atoms with van der Waals surface area (Å²) in [6, 6.07) is 8.21. The maximum Gasteiger partial charge on any atom is 0.251 e. The molecule has 0 aliphatic heterocycles. The van der Waals surface area contributed by atoms with Crippen LogP contribution in [0.3, 0.4) is 0 Å². The predicted molar refractivity (Wildman–Crippen MR) is 86.6 cm³/mol. The van der Waals surface area contributed by atoms with E-state index >= 15 is 0 Å². The molecule has 2 aromatic carbocycles. The van der Waals surface area contributed by atoms with E-state index in [1.54, 1.807) is 45.4 Å². The van der Waals surface area contributed by atoms with E-state index in [1.807, 2.05) is 6.92 Å². The smallest absolute Gasteiger partial charge is 0.251 e. The van der Waals surface area contributed by atoms with Crippen molar-refractivity contribution in [3.8, 4) is 11.5 Å². The van der Waals surface area contributed by atoms with Crippen LogP contribution >= 0.6 is 0 Å². The summed E-state index contributed by atoms with van der Waals surface area (Å²) in [6.45, 7) is 3.80. The Morgan fingerprint density at radius 2 is 1.70 bits per heavy atom. The van der Waals surface area contributed by atoms with Gasteiger partial charge in [0.25, 0.3) is 5.91 Å². The number of rotatable bonds is 5. The van der Waals surface area contributed by atoms with Gasteiger partial charge in [-0.05, 0) is 43.2 Å². The number of carbonyl (C=O) groups is 1. The van der Waals surface area contributed by atoms with Crippen molar-refractivity contribution < 1.29 is 18.7 Å². The molecule has 0 heterocycles. The van der Waals surface area contributed by atoms with Gasteiger partial charge in [0, 0.05) is 17.7 Å². The van der Waals surface area contributed by atoms with Gasteiger partial charge in [-0.25, -0.2) is 4.39 Å². The molecule has 0 aliphatic rings. The Hall–Kier alpha value is -2.56. The second-order valence-electron chi connectivity index (χ2n) is 5.27. The molecule has 0 atom stereocenters. The van der Waals surface area contributed by atoms with E-state index in [4.69, 9.17) is 9.47 Å². The molecule has 0 bridgehead atoms. The number of methoxy groups -OCH3 is 2. The molecule has 5 heteroatoms. The standard InChI is InChI=1S/C18H20FNO3/c1-11-5-6-13(7-15(11)19)10-20-18(21)14-8-16(22-3)12(2)17(9-14)23-4/h5-9H,10H2,1-4H3,(H,20,21). The Morgan fingerprint density at radius 3 is 2.22 bits per heavy atom. The summed E-state index contributed by atoms with van der Waals surface area (Å²) in [7, 11) is 3.08. The zero-order chi connectivity index (χ0) is 17.0. The van der Waals surface area contributed by atoms with Crippen molar-refractivity contribution >= 4 is 5.91 Å². The van der Waals surface area contributed by atoms with E-state index in [0.29, 0.717) is 28.2 Å². The number of hydrogen-bond acceptors (Lipinski definition) is 3. The molecule has 0 aromatic heterocycles. The molecule has 0 spiro atoms. The largest absolute Gasteiger partial charge is 0.496 e. The Morgan fingerprint density at radius 1 is 1.09 bits per heavy atom. The number of nitrogens with one attached hydrogen (secondary N) is 1. The zero-order valence-corrected chi connectivity index (χ0v) is 13.7. The third-order valence-electron chi connectivity index (χ3n) is 3.70. The fraction of sp³-hybridized carbons (Fsp3) is 0.278. The molecule has 0 saturated carbocycles. The van der Waals surface area contributed by atoms with Gasteiger partial charge in [0.05, 0.1) is 14.2 Å². The van der Waals surface area contributed by atoms with Crippen molar-refractivity contribution in [3.63, 3.8) is 0 Å². The van der Waals surface area contributed by atoms with Gasteiger partial charge in [-0.15, -0.1) is 0 Å². The first-order valence-electron chi connectivity index (χ1n) is 7.22. The molecule has 0 aliphatic carbocycles. The SMILES string of the molecule is COc1cc(C(=O)NCc2ccc(C)c(F)c2)cc(OC)c1C. The van der Waals surface area contributed by atoms with E-state index in [0.717, 1.165) is 5.56 Å². The number of ether oxygens (including phenoxy) is 2. The Bertz CT molecular complexity index is 703. The van der Waals surface area contributed by atoms with Gasteiger partial charge in [0.1, 0.15) is 17.3 Å². The van der Waals surface area contributed by atoms with Crippen LogP contribution in [0.25, 0.3) is 0 Å². The van der Waals surface area contributed by atoms with Crippen LogP contribution in [0.4, 0.5) is 4.39 Å². The van der Waals surface area contributed by atoms with Gasteiger partial charge >= 0.3 is 0 Å². The summed E-state index contributed by atoms with van der Waals surface area (Å²) in [6.07, 6.45) is 0. The lowest BCUT2D eigenvalue weighted by Gasteiger charge is -2.13. The van der Waals surface area contributed by atoms with Crippen LogP contribution in [-0.2, 0) is 6.54 Å². The molecule has 4 nitrogen and oxygen atoms in total. The van der Waals surface area contributed by atoms with E-state index in [2.05, 4.69) is 5.32 Å². The first-order valence-corrected chi connectivity index (χ1v) is 7.22. The third-order valence-corrected chi connectivity index (χ3v) is 3.70. The quantitative estimate of drug-likeness (QED) is 0.919. The van der Waals surface area contributed by atoms with Crippen molar-refractivity contribution in [2.24, 2.45) is 0 Å². The fourth-order valence-corrected chi connectivity index (χ4v) is 2.25. The minimum atomic E-state index is -0.282. The van der Waals surface area contributed by atoms with E-state index in [9.17, 15) is 9.18 Å². The fourth-order valence-electron chi connectivity index (χ4n) is 2.25. The van der Waals surface area contributed by atoms with Crippen molar-refractivity contribution in [1.82, 2.24) is 5.32 Å². The van der Waals surface area contributed by atoms with E-state index in [1.165, 1.54) is 6.07 Å². The normalized spacial score (nSPS) is 10.3. The highest BCUT2D eigenvalue weighted by Gasteiger charge is 2.13. The molecule has 0 fully saturated rings. The number of hydrogen-bond donors (Lipinski definition) is 1. The first kappa shape index (κ1) is 16.8. The minimum absolute atomic E-state index is 0.245. The van der Waals surface area contributed by atoms with Gasteiger partial charge in [0.2, 0.25) is 0 Å². The van der Waals surface area contributed by atoms with Crippen LogP contribution in [-0.4, -0.2) is 20.1 Å². The Balaban J connectivity index is 2.15. The molecular formula is C18H20FNO3. The lowest BCUT2D eigenvalue weighted by Crippen LogP contribution is -2.23. The first-order chi connectivity index (χ1) is 11.0. The monoisotopic (exact) mass is 317 g/mol. The number of carbonyl (C=O) groups excluding carboxylic acids is 1. The topological polar surface area (TPSA) is 47.6 Å². The van der Waals surface area contributed by atoms with Crippen LogP contribution in [0.1, 0.15) is 27.0 Å². The maximum absolute atomic E-state index is 13.5. The number of amides is 1. The Labute approximate surface area is 135 Å². The van der Waals surface area contributed by atoms with E-state index in [-0.39, 0.29) is 18.3 Å². The van der Waals surface area contributed by atoms with Crippen LogP contribution in [0.5, 0.6) is 11.5 Å². The van der Waals surface area contributed by atoms with Crippen LogP contribution in [0.2, 0.25) is 0 Å². The van der Waals surface area contributed by atoms with Crippen molar-refractivity contribution in [1.29, 1.82) is 0 Å². The van der Waals surface area contributed by atoms with Crippen molar-refractivity contribution in [3.05, 3.63) is 58.4 Å². The summed E-state index contributed by atoms with van der Waals surface area (Å²) in [5.74, 6) is 0.602. The summed E-state index contributed by atoms with van der Waals surface area (Å²) < 4.78 is 24.0. The van der Waals surface area contributed by atoms with E-state index < -0.39 is 0 Å². The summed E-state index contributed by atoms with van der Waals surface area (Å²) >= 11 is 0. The average Bonchev–Trinajstić information content (AvgIpc) is 2.55. The molecule has 23 heavy (non-hydrogen) atoms. The highest BCUT2D eigenvalue weighted by molar-refractivity contribution is 5.95. The number of halogens is 1. The lowest BCUT2D eigenvalue weighted by molar-refractivity contribution is 0.0950. The molecule has 0 radical (unpaired) electrons.